The number of hydrogen-bond acceptors (Lipinski definition) is 5. The third kappa shape index (κ3) is 4.00. The van der Waals surface area contributed by atoms with Crippen molar-refractivity contribution in [3.05, 3.63) is 78.3 Å². The van der Waals surface area contributed by atoms with Gasteiger partial charge in [0.05, 0.1) is 25.3 Å². The Morgan fingerprint density at radius 3 is 2.69 bits per heavy atom. The molecule has 1 aromatic carbocycles. The second-order valence-corrected chi connectivity index (χ2v) is 7.10. The molecular weight excluding hydrogens is 386 g/mol. The number of ether oxygens (including phenoxy) is 1. The summed E-state index contributed by atoms with van der Waals surface area (Å²) >= 11 is 5.58. The standard InChI is InChI=1S/C22H21N3O3S/c1-27-19(26)12-14-25-21(20(24-22(25)29)16-9-5-6-13-23-16)18-11-10-17(28-18)15-7-3-2-4-8-15/h2-11,13,20-21H,12,14H2,1H3,(H,24,29)/t20-,21+/m1/s1. The number of esters is 1. The number of carbonyl (C=O) groups excluding carboxylic acids is 1. The summed E-state index contributed by atoms with van der Waals surface area (Å²) in [5.41, 5.74) is 1.86. The minimum atomic E-state index is -0.280. The third-order valence-electron chi connectivity index (χ3n) is 4.96. The fourth-order valence-corrected chi connectivity index (χ4v) is 3.87. The lowest BCUT2D eigenvalue weighted by molar-refractivity contribution is -0.140. The minimum absolute atomic E-state index is 0.184. The number of aromatic nitrogens is 1. The highest BCUT2D eigenvalue weighted by molar-refractivity contribution is 7.80. The van der Waals surface area contributed by atoms with Crippen LogP contribution < -0.4 is 5.32 Å². The van der Waals surface area contributed by atoms with Crippen LogP contribution in [0.5, 0.6) is 0 Å². The molecule has 3 heterocycles. The summed E-state index contributed by atoms with van der Waals surface area (Å²) in [6, 6.07) is 19.2. The van der Waals surface area contributed by atoms with Gasteiger partial charge in [-0.25, -0.2) is 0 Å². The molecule has 0 aliphatic carbocycles. The molecule has 0 bridgehead atoms. The molecule has 1 fully saturated rings. The molecule has 4 rings (SSSR count). The van der Waals surface area contributed by atoms with Gasteiger partial charge in [0, 0.05) is 18.3 Å². The average molecular weight is 407 g/mol. The van der Waals surface area contributed by atoms with E-state index >= 15 is 0 Å². The topological polar surface area (TPSA) is 67.6 Å². The Balaban J connectivity index is 1.68. The summed E-state index contributed by atoms with van der Waals surface area (Å²) in [7, 11) is 1.38. The summed E-state index contributed by atoms with van der Waals surface area (Å²) < 4.78 is 11.0. The zero-order chi connectivity index (χ0) is 20.2. The molecule has 148 valence electrons. The number of pyridine rings is 1. The van der Waals surface area contributed by atoms with Crippen molar-refractivity contribution >= 4 is 23.3 Å². The first kappa shape index (κ1) is 19.1. The summed E-state index contributed by atoms with van der Waals surface area (Å²) in [5, 5.41) is 3.90. The summed E-state index contributed by atoms with van der Waals surface area (Å²) in [6.45, 7) is 0.424. The summed E-state index contributed by atoms with van der Waals surface area (Å²) in [4.78, 5) is 18.2. The van der Waals surface area contributed by atoms with Crippen LogP contribution >= 0.6 is 12.2 Å². The van der Waals surface area contributed by atoms with Crippen LogP contribution in [0.1, 0.15) is 30.0 Å². The van der Waals surface area contributed by atoms with Crippen LogP contribution in [0.4, 0.5) is 0 Å². The lowest BCUT2D eigenvalue weighted by atomic mass is 10.0. The van der Waals surface area contributed by atoms with Crippen LogP contribution in [0.25, 0.3) is 11.3 Å². The van der Waals surface area contributed by atoms with Gasteiger partial charge < -0.3 is 19.4 Å². The van der Waals surface area contributed by atoms with Crippen LogP contribution in [-0.2, 0) is 9.53 Å². The number of furan rings is 1. The maximum absolute atomic E-state index is 11.7. The number of hydrogen-bond donors (Lipinski definition) is 1. The first-order chi connectivity index (χ1) is 14.2. The Kier molecular flexibility index (Phi) is 5.57. The monoisotopic (exact) mass is 407 g/mol. The molecule has 0 radical (unpaired) electrons. The SMILES string of the molecule is COC(=O)CCN1C(=S)N[C@H](c2ccccn2)[C@@H]1c1ccc(-c2ccccc2)o1. The van der Waals surface area contributed by atoms with Gasteiger partial charge in [0.25, 0.3) is 0 Å². The first-order valence-electron chi connectivity index (χ1n) is 9.37. The highest BCUT2D eigenvalue weighted by Gasteiger charge is 2.41. The maximum atomic E-state index is 11.7. The molecule has 3 aromatic rings. The number of nitrogens with zero attached hydrogens (tertiary/aromatic N) is 2. The fourth-order valence-electron chi connectivity index (χ4n) is 3.54. The number of benzene rings is 1. The predicted molar refractivity (Wildman–Crippen MR) is 113 cm³/mol. The van der Waals surface area contributed by atoms with E-state index in [4.69, 9.17) is 21.4 Å². The van der Waals surface area contributed by atoms with Crippen molar-refractivity contribution in [2.24, 2.45) is 0 Å². The number of methoxy groups -OCH3 is 1. The van der Waals surface area contributed by atoms with E-state index in [1.165, 1.54) is 7.11 Å². The quantitative estimate of drug-likeness (QED) is 0.491. The van der Waals surface area contributed by atoms with Gasteiger partial charge in [-0.2, -0.15) is 0 Å². The minimum Gasteiger partial charge on any atom is -0.469 e. The van der Waals surface area contributed by atoms with Crippen molar-refractivity contribution in [1.29, 1.82) is 0 Å². The molecule has 1 N–H and O–H groups in total. The van der Waals surface area contributed by atoms with Crippen molar-refractivity contribution in [1.82, 2.24) is 15.2 Å². The Bertz CT molecular complexity index is 991. The maximum Gasteiger partial charge on any atom is 0.307 e. The Labute approximate surface area is 174 Å². The molecule has 1 saturated heterocycles. The molecule has 0 spiro atoms. The van der Waals surface area contributed by atoms with E-state index in [0.29, 0.717) is 11.7 Å². The number of rotatable bonds is 6. The lowest BCUT2D eigenvalue weighted by Crippen LogP contribution is -2.31. The molecule has 7 heteroatoms. The van der Waals surface area contributed by atoms with E-state index in [0.717, 1.165) is 22.8 Å². The molecule has 0 amide bonds. The van der Waals surface area contributed by atoms with Gasteiger partial charge in [-0.1, -0.05) is 36.4 Å². The van der Waals surface area contributed by atoms with Crippen LogP contribution in [0.2, 0.25) is 0 Å². The molecule has 0 saturated carbocycles. The molecule has 1 aliphatic rings. The molecular formula is C22H21N3O3S. The van der Waals surface area contributed by atoms with Gasteiger partial charge in [0.15, 0.2) is 5.11 Å². The van der Waals surface area contributed by atoms with Crippen molar-refractivity contribution < 1.29 is 13.9 Å². The Morgan fingerprint density at radius 1 is 1.17 bits per heavy atom. The van der Waals surface area contributed by atoms with Crippen molar-refractivity contribution in [2.75, 3.05) is 13.7 Å². The Hall–Kier alpha value is -3.19. The van der Waals surface area contributed by atoms with E-state index in [1.807, 2.05) is 65.6 Å². The van der Waals surface area contributed by atoms with Gasteiger partial charge >= 0.3 is 5.97 Å². The van der Waals surface area contributed by atoms with Gasteiger partial charge in [-0.05, 0) is 36.5 Å². The number of nitrogens with one attached hydrogen (secondary N) is 1. The van der Waals surface area contributed by atoms with E-state index < -0.39 is 0 Å². The smallest absolute Gasteiger partial charge is 0.307 e. The van der Waals surface area contributed by atoms with Crippen LogP contribution in [0.3, 0.4) is 0 Å². The lowest BCUT2D eigenvalue weighted by Gasteiger charge is -2.25. The largest absolute Gasteiger partial charge is 0.469 e. The van der Waals surface area contributed by atoms with E-state index in [2.05, 4.69) is 10.3 Å². The normalized spacial score (nSPS) is 18.5. The van der Waals surface area contributed by atoms with E-state index in [9.17, 15) is 4.79 Å². The van der Waals surface area contributed by atoms with Gasteiger partial charge in [-0.3, -0.25) is 9.78 Å². The predicted octanol–water partition coefficient (Wildman–Crippen LogP) is 3.88. The number of carbonyl (C=O) groups is 1. The highest BCUT2D eigenvalue weighted by atomic mass is 32.1. The summed E-state index contributed by atoms with van der Waals surface area (Å²) in [6.07, 6.45) is 1.99. The summed E-state index contributed by atoms with van der Waals surface area (Å²) in [5.74, 6) is 1.26. The third-order valence-corrected chi connectivity index (χ3v) is 5.31. The fraction of sp³-hybridized carbons (Fsp3) is 0.227. The molecule has 2 atom stereocenters. The molecule has 2 aromatic heterocycles. The van der Waals surface area contributed by atoms with Crippen molar-refractivity contribution in [2.45, 2.75) is 18.5 Å². The van der Waals surface area contributed by atoms with Gasteiger partial charge in [0.1, 0.15) is 17.6 Å². The van der Waals surface area contributed by atoms with Crippen LogP contribution in [0, 0.1) is 0 Å². The molecule has 29 heavy (non-hydrogen) atoms. The van der Waals surface area contributed by atoms with Crippen molar-refractivity contribution in [3.8, 4) is 11.3 Å². The van der Waals surface area contributed by atoms with Crippen molar-refractivity contribution in [3.63, 3.8) is 0 Å². The van der Waals surface area contributed by atoms with Crippen LogP contribution in [-0.4, -0.2) is 34.6 Å². The molecule has 6 nitrogen and oxygen atoms in total. The molecule has 1 aliphatic heterocycles. The van der Waals surface area contributed by atoms with E-state index in [1.54, 1.807) is 6.20 Å². The van der Waals surface area contributed by atoms with Crippen LogP contribution in [0.15, 0.2) is 71.3 Å². The van der Waals surface area contributed by atoms with E-state index in [-0.39, 0.29) is 24.5 Å². The zero-order valence-corrected chi connectivity index (χ0v) is 16.8. The van der Waals surface area contributed by atoms with Gasteiger partial charge in [0.2, 0.25) is 0 Å². The zero-order valence-electron chi connectivity index (χ0n) is 15.9. The highest BCUT2D eigenvalue weighted by Crippen LogP contribution is 2.40. The van der Waals surface area contributed by atoms with Gasteiger partial charge in [-0.15, -0.1) is 0 Å². The average Bonchev–Trinajstić information content (AvgIpc) is 3.38. The second kappa shape index (κ2) is 8.45. The Morgan fingerprint density at radius 2 is 1.97 bits per heavy atom. The number of thiocarbonyl (C=S) groups is 1. The second-order valence-electron chi connectivity index (χ2n) is 6.71. The molecule has 0 unspecified atom stereocenters. The first-order valence-corrected chi connectivity index (χ1v) is 9.78.